The Labute approximate surface area is 120 Å². The number of aryl methyl sites for hydroxylation is 1. The maximum absolute atomic E-state index is 12.0. The lowest BCUT2D eigenvalue weighted by Crippen LogP contribution is -2.08. The minimum absolute atomic E-state index is 0.0371. The van der Waals surface area contributed by atoms with E-state index in [9.17, 15) is 4.79 Å². The number of fused-ring (bicyclic) bond motifs is 1. The molecule has 2 aromatic heterocycles. The number of rotatable bonds is 3. The van der Waals surface area contributed by atoms with Gasteiger partial charge in [-0.1, -0.05) is 0 Å². The second-order valence-corrected chi connectivity index (χ2v) is 4.71. The van der Waals surface area contributed by atoms with Gasteiger partial charge in [0.05, 0.1) is 0 Å². The lowest BCUT2D eigenvalue weighted by Gasteiger charge is -2.02. The van der Waals surface area contributed by atoms with Crippen LogP contribution in [0.2, 0.25) is 0 Å². The summed E-state index contributed by atoms with van der Waals surface area (Å²) in [6.07, 6.45) is 0. The van der Waals surface area contributed by atoms with Gasteiger partial charge in [-0.25, -0.2) is 4.79 Å². The van der Waals surface area contributed by atoms with Gasteiger partial charge in [-0.05, 0) is 31.2 Å². The minimum atomic E-state index is -0.551. The molecule has 0 unspecified atom stereocenters. The zero-order valence-electron chi connectivity index (χ0n) is 11.7. The van der Waals surface area contributed by atoms with Crippen LogP contribution in [0.25, 0.3) is 11.0 Å². The van der Waals surface area contributed by atoms with Crippen LogP contribution in [-0.4, -0.2) is 20.7 Å². The number of hydrogen-bond donors (Lipinski definition) is 1. The predicted molar refractivity (Wildman–Crippen MR) is 75.5 cm³/mol. The highest BCUT2D eigenvalue weighted by Crippen LogP contribution is 2.22. The van der Waals surface area contributed by atoms with Crippen LogP contribution in [0.1, 0.15) is 22.2 Å². The van der Waals surface area contributed by atoms with Crippen LogP contribution < -0.4 is 5.73 Å². The van der Waals surface area contributed by atoms with Crippen molar-refractivity contribution in [2.24, 2.45) is 7.05 Å². The van der Waals surface area contributed by atoms with Gasteiger partial charge in [-0.3, -0.25) is 0 Å². The van der Waals surface area contributed by atoms with Crippen molar-refractivity contribution in [2.75, 3.05) is 5.73 Å². The lowest BCUT2D eigenvalue weighted by atomic mass is 10.2. The SMILES string of the molecule is Cc1nnc(COC(=O)c2cc3cc(N)ccc3o2)n1C. The van der Waals surface area contributed by atoms with Crippen molar-refractivity contribution in [3.05, 3.63) is 41.7 Å². The molecular weight excluding hydrogens is 272 g/mol. The first-order valence-electron chi connectivity index (χ1n) is 6.35. The molecular formula is C14H14N4O3. The normalized spacial score (nSPS) is 11.0. The number of ether oxygens (including phenoxy) is 1. The van der Waals surface area contributed by atoms with E-state index in [0.29, 0.717) is 17.1 Å². The summed E-state index contributed by atoms with van der Waals surface area (Å²) in [5.41, 5.74) is 6.88. The van der Waals surface area contributed by atoms with Crippen LogP contribution in [0, 0.1) is 6.92 Å². The monoisotopic (exact) mass is 286 g/mol. The van der Waals surface area contributed by atoms with Gasteiger partial charge in [0.1, 0.15) is 11.4 Å². The summed E-state index contributed by atoms with van der Waals surface area (Å²) >= 11 is 0. The molecule has 3 rings (SSSR count). The van der Waals surface area contributed by atoms with Crippen LogP contribution in [0.4, 0.5) is 5.69 Å². The van der Waals surface area contributed by atoms with Gasteiger partial charge >= 0.3 is 5.97 Å². The van der Waals surface area contributed by atoms with Crippen molar-refractivity contribution >= 4 is 22.6 Å². The lowest BCUT2D eigenvalue weighted by molar-refractivity contribution is 0.0424. The average Bonchev–Trinajstić information content (AvgIpc) is 3.01. The summed E-state index contributed by atoms with van der Waals surface area (Å²) in [4.78, 5) is 12.0. The van der Waals surface area contributed by atoms with Crippen molar-refractivity contribution in [1.29, 1.82) is 0 Å². The molecule has 0 saturated heterocycles. The number of benzene rings is 1. The highest BCUT2D eigenvalue weighted by atomic mass is 16.5. The Balaban J connectivity index is 1.76. The molecule has 0 aliphatic rings. The molecule has 0 radical (unpaired) electrons. The van der Waals surface area contributed by atoms with Crippen LogP contribution in [0.3, 0.4) is 0 Å². The van der Waals surface area contributed by atoms with E-state index in [4.69, 9.17) is 14.9 Å². The maximum Gasteiger partial charge on any atom is 0.374 e. The number of hydrogen-bond acceptors (Lipinski definition) is 6. The molecule has 0 spiro atoms. The van der Waals surface area contributed by atoms with Crippen molar-refractivity contribution in [3.63, 3.8) is 0 Å². The molecule has 0 bridgehead atoms. The zero-order valence-corrected chi connectivity index (χ0v) is 11.7. The Morgan fingerprint density at radius 1 is 1.38 bits per heavy atom. The second kappa shape index (κ2) is 4.93. The highest BCUT2D eigenvalue weighted by molar-refractivity contribution is 5.93. The van der Waals surface area contributed by atoms with E-state index in [1.165, 1.54) is 0 Å². The number of carbonyl (C=O) groups is 1. The number of aromatic nitrogens is 3. The Morgan fingerprint density at radius 2 is 2.19 bits per heavy atom. The van der Waals surface area contributed by atoms with E-state index in [-0.39, 0.29) is 12.4 Å². The van der Waals surface area contributed by atoms with E-state index in [2.05, 4.69) is 10.2 Å². The summed E-state index contributed by atoms with van der Waals surface area (Å²) in [5, 5.41) is 8.58. The maximum atomic E-state index is 12.0. The fourth-order valence-corrected chi connectivity index (χ4v) is 1.94. The summed E-state index contributed by atoms with van der Waals surface area (Å²) in [6.45, 7) is 1.86. The molecule has 0 aliphatic heterocycles. The van der Waals surface area contributed by atoms with Crippen molar-refractivity contribution in [3.8, 4) is 0 Å². The minimum Gasteiger partial charge on any atom is -0.452 e. The van der Waals surface area contributed by atoms with E-state index in [1.807, 2.05) is 14.0 Å². The van der Waals surface area contributed by atoms with Crippen molar-refractivity contribution in [2.45, 2.75) is 13.5 Å². The van der Waals surface area contributed by atoms with Gasteiger partial charge in [-0.2, -0.15) is 0 Å². The third-order valence-electron chi connectivity index (χ3n) is 3.26. The standard InChI is InChI=1S/C14H14N4O3/c1-8-16-17-13(18(8)2)7-20-14(19)12-6-9-5-10(15)3-4-11(9)21-12/h3-6H,7,15H2,1-2H3. The summed E-state index contributed by atoms with van der Waals surface area (Å²) in [7, 11) is 1.81. The Bertz CT molecular complexity index is 819. The molecule has 7 heteroatoms. The first-order chi connectivity index (χ1) is 10.0. The van der Waals surface area contributed by atoms with Crippen LogP contribution in [0.15, 0.2) is 28.7 Å². The molecule has 0 saturated carbocycles. The van der Waals surface area contributed by atoms with Crippen molar-refractivity contribution in [1.82, 2.24) is 14.8 Å². The first-order valence-corrected chi connectivity index (χ1v) is 6.35. The number of furan rings is 1. The summed E-state index contributed by atoms with van der Waals surface area (Å²) in [5.74, 6) is 0.904. The quantitative estimate of drug-likeness (QED) is 0.582. The number of nitrogens with two attached hydrogens (primary N) is 1. The molecule has 0 atom stereocenters. The van der Waals surface area contributed by atoms with E-state index in [0.717, 1.165) is 11.2 Å². The number of esters is 1. The molecule has 2 N–H and O–H groups in total. The van der Waals surface area contributed by atoms with E-state index >= 15 is 0 Å². The van der Waals surface area contributed by atoms with Gasteiger partial charge in [0.15, 0.2) is 12.4 Å². The zero-order chi connectivity index (χ0) is 15.0. The highest BCUT2D eigenvalue weighted by Gasteiger charge is 2.15. The third kappa shape index (κ3) is 2.45. The van der Waals surface area contributed by atoms with Crippen LogP contribution in [-0.2, 0) is 18.4 Å². The first kappa shape index (κ1) is 13.2. The Morgan fingerprint density at radius 3 is 2.90 bits per heavy atom. The molecule has 1 aromatic carbocycles. The largest absolute Gasteiger partial charge is 0.452 e. The molecule has 3 aromatic rings. The molecule has 2 heterocycles. The van der Waals surface area contributed by atoms with Gasteiger partial charge in [0.25, 0.3) is 0 Å². The third-order valence-corrected chi connectivity index (χ3v) is 3.26. The van der Waals surface area contributed by atoms with E-state index in [1.54, 1.807) is 28.8 Å². The number of nitrogen functional groups attached to an aromatic ring is 1. The molecule has 0 amide bonds. The summed E-state index contributed by atoms with van der Waals surface area (Å²) in [6, 6.07) is 6.77. The van der Waals surface area contributed by atoms with Crippen LogP contribution >= 0.6 is 0 Å². The molecule has 7 nitrogen and oxygen atoms in total. The topological polar surface area (TPSA) is 96.2 Å². The van der Waals surface area contributed by atoms with Crippen molar-refractivity contribution < 1.29 is 13.9 Å². The molecule has 0 aliphatic carbocycles. The van der Waals surface area contributed by atoms with Gasteiger partial charge in [-0.15, -0.1) is 10.2 Å². The van der Waals surface area contributed by atoms with Gasteiger partial charge < -0.3 is 19.5 Å². The Hall–Kier alpha value is -2.83. The Kier molecular flexibility index (Phi) is 3.09. The smallest absolute Gasteiger partial charge is 0.374 e. The second-order valence-electron chi connectivity index (χ2n) is 4.71. The predicted octanol–water partition coefficient (Wildman–Crippen LogP) is 1.81. The van der Waals surface area contributed by atoms with Gasteiger partial charge in [0.2, 0.25) is 5.76 Å². The number of carbonyl (C=O) groups excluding carboxylic acids is 1. The summed E-state index contributed by atoms with van der Waals surface area (Å²) < 4.78 is 12.4. The number of anilines is 1. The molecule has 21 heavy (non-hydrogen) atoms. The van der Waals surface area contributed by atoms with Gasteiger partial charge in [0, 0.05) is 18.1 Å². The fraction of sp³-hybridized carbons (Fsp3) is 0.214. The number of nitrogens with zero attached hydrogens (tertiary/aromatic N) is 3. The fourth-order valence-electron chi connectivity index (χ4n) is 1.94. The van der Waals surface area contributed by atoms with E-state index < -0.39 is 5.97 Å². The average molecular weight is 286 g/mol. The molecule has 108 valence electrons. The van der Waals surface area contributed by atoms with Crippen LogP contribution in [0.5, 0.6) is 0 Å². The molecule has 0 fully saturated rings.